The third-order valence-electron chi connectivity index (χ3n) is 3.64. The maximum absolute atomic E-state index is 6.22. The van der Waals surface area contributed by atoms with Gasteiger partial charge in [0.1, 0.15) is 12.0 Å². The van der Waals surface area contributed by atoms with E-state index in [0.29, 0.717) is 33.1 Å². The molecule has 0 spiro atoms. The molecule has 0 atom stereocenters. The van der Waals surface area contributed by atoms with Crippen LogP contribution in [0.5, 0.6) is 0 Å². The fourth-order valence-electron chi connectivity index (χ4n) is 2.44. The van der Waals surface area contributed by atoms with E-state index in [2.05, 4.69) is 26.7 Å². The number of hydrogen-bond donors (Lipinski definition) is 3. The summed E-state index contributed by atoms with van der Waals surface area (Å²) < 4.78 is 0. The SMILES string of the molecule is Cc1ccc(Nc2ncnc(Nc3cc(Cl)cc(Cl)c3)c2N)c(C)c1. The summed E-state index contributed by atoms with van der Waals surface area (Å²) in [4.78, 5) is 8.43. The number of benzene rings is 2. The average Bonchev–Trinajstić information content (AvgIpc) is 2.52. The first kappa shape index (κ1) is 17.3. The monoisotopic (exact) mass is 373 g/mol. The van der Waals surface area contributed by atoms with E-state index < -0.39 is 0 Å². The minimum Gasteiger partial charge on any atom is -0.393 e. The highest BCUT2D eigenvalue weighted by Gasteiger charge is 2.10. The van der Waals surface area contributed by atoms with Crippen LogP contribution < -0.4 is 16.4 Å². The van der Waals surface area contributed by atoms with Gasteiger partial charge in [-0.25, -0.2) is 9.97 Å². The molecule has 1 aromatic heterocycles. The topological polar surface area (TPSA) is 75.9 Å². The molecule has 25 heavy (non-hydrogen) atoms. The molecule has 0 unspecified atom stereocenters. The molecular weight excluding hydrogens is 357 g/mol. The van der Waals surface area contributed by atoms with Crippen molar-refractivity contribution in [1.29, 1.82) is 0 Å². The lowest BCUT2D eigenvalue weighted by Gasteiger charge is -2.14. The lowest BCUT2D eigenvalue weighted by Crippen LogP contribution is -2.05. The number of hydrogen-bond acceptors (Lipinski definition) is 5. The van der Waals surface area contributed by atoms with Crippen LogP contribution in [0.25, 0.3) is 0 Å². The van der Waals surface area contributed by atoms with Crippen molar-refractivity contribution in [2.75, 3.05) is 16.4 Å². The number of halogens is 2. The van der Waals surface area contributed by atoms with Crippen LogP contribution in [-0.2, 0) is 0 Å². The van der Waals surface area contributed by atoms with E-state index in [-0.39, 0.29) is 0 Å². The van der Waals surface area contributed by atoms with Gasteiger partial charge in [-0.15, -0.1) is 0 Å². The first-order chi connectivity index (χ1) is 11.9. The van der Waals surface area contributed by atoms with Gasteiger partial charge in [0.2, 0.25) is 0 Å². The minimum atomic E-state index is 0.401. The van der Waals surface area contributed by atoms with E-state index in [4.69, 9.17) is 28.9 Å². The zero-order chi connectivity index (χ0) is 18.0. The maximum Gasteiger partial charge on any atom is 0.159 e. The predicted molar refractivity (Wildman–Crippen MR) is 105 cm³/mol. The van der Waals surface area contributed by atoms with Crippen molar-refractivity contribution in [1.82, 2.24) is 9.97 Å². The van der Waals surface area contributed by atoms with Gasteiger partial charge >= 0.3 is 0 Å². The molecule has 0 aliphatic carbocycles. The van der Waals surface area contributed by atoms with Gasteiger partial charge in [0.25, 0.3) is 0 Å². The highest BCUT2D eigenvalue weighted by Crippen LogP contribution is 2.31. The molecule has 4 N–H and O–H groups in total. The van der Waals surface area contributed by atoms with Crippen molar-refractivity contribution < 1.29 is 0 Å². The number of anilines is 5. The molecular formula is C18H17Cl2N5. The fourth-order valence-corrected chi connectivity index (χ4v) is 2.96. The molecule has 0 fully saturated rings. The van der Waals surface area contributed by atoms with Crippen LogP contribution >= 0.6 is 23.2 Å². The molecule has 1 heterocycles. The second-order valence-corrected chi connectivity index (χ2v) is 6.58. The Morgan fingerprint density at radius 3 is 2.16 bits per heavy atom. The van der Waals surface area contributed by atoms with Gasteiger partial charge in [-0.2, -0.15) is 0 Å². The highest BCUT2D eigenvalue weighted by molar-refractivity contribution is 6.35. The van der Waals surface area contributed by atoms with Crippen molar-refractivity contribution in [2.24, 2.45) is 0 Å². The van der Waals surface area contributed by atoms with Crippen LogP contribution in [-0.4, -0.2) is 9.97 Å². The van der Waals surface area contributed by atoms with Crippen molar-refractivity contribution in [3.8, 4) is 0 Å². The summed E-state index contributed by atoms with van der Waals surface area (Å²) in [5.41, 5.74) is 10.6. The van der Waals surface area contributed by atoms with E-state index in [1.807, 2.05) is 26.0 Å². The van der Waals surface area contributed by atoms with Gasteiger partial charge < -0.3 is 16.4 Å². The number of nitrogens with zero attached hydrogens (tertiary/aromatic N) is 2. The molecule has 0 saturated carbocycles. The molecule has 0 aliphatic rings. The van der Waals surface area contributed by atoms with Gasteiger partial charge in [0.05, 0.1) is 0 Å². The van der Waals surface area contributed by atoms with Crippen molar-refractivity contribution in [3.63, 3.8) is 0 Å². The van der Waals surface area contributed by atoms with Crippen LogP contribution in [0.4, 0.5) is 28.7 Å². The van der Waals surface area contributed by atoms with E-state index in [9.17, 15) is 0 Å². The second kappa shape index (κ2) is 7.17. The Kier molecular flexibility index (Phi) is 4.97. The quantitative estimate of drug-likeness (QED) is 0.565. The number of nitrogens with two attached hydrogens (primary N) is 1. The van der Waals surface area contributed by atoms with Crippen molar-refractivity contribution in [2.45, 2.75) is 13.8 Å². The lowest BCUT2D eigenvalue weighted by atomic mass is 10.1. The van der Waals surface area contributed by atoms with Crippen molar-refractivity contribution >= 4 is 51.9 Å². The fraction of sp³-hybridized carbons (Fsp3) is 0.111. The summed E-state index contributed by atoms with van der Waals surface area (Å²) >= 11 is 12.0. The summed E-state index contributed by atoms with van der Waals surface area (Å²) in [6.07, 6.45) is 1.44. The molecule has 0 amide bonds. The minimum absolute atomic E-state index is 0.401. The Labute approximate surface area is 156 Å². The number of rotatable bonds is 4. The summed E-state index contributed by atoms with van der Waals surface area (Å²) in [5, 5.41) is 7.42. The average molecular weight is 374 g/mol. The molecule has 5 nitrogen and oxygen atoms in total. The first-order valence-electron chi connectivity index (χ1n) is 7.60. The molecule has 0 radical (unpaired) electrons. The van der Waals surface area contributed by atoms with Gasteiger partial charge in [0, 0.05) is 21.4 Å². The molecule has 0 aliphatic heterocycles. The zero-order valence-electron chi connectivity index (χ0n) is 13.8. The van der Waals surface area contributed by atoms with Crippen LogP contribution in [0.15, 0.2) is 42.7 Å². The van der Waals surface area contributed by atoms with E-state index in [1.54, 1.807) is 18.2 Å². The molecule has 128 valence electrons. The Bertz CT molecular complexity index is 907. The van der Waals surface area contributed by atoms with Gasteiger partial charge in [-0.3, -0.25) is 0 Å². The number of nitrogens with one attached hydrogen (secondary N) is 2. The lowest BCUT2D eigenvalue weighted by molar-refractivity contribution is 1.17. The Hall–Kier alpha value is -2.50. The number of aromatic nitrogens is 2. The van der Waals surface area contributed by atoms with Crippen LogP contribution in [0, 0.1) is 13.8 Å². The van der Waals surface area contributed by atoms with E-state index >= 15 is 0 Å². The highest BCUT2D eigenvalue weighted by atomic mass is 35.5. The van der Waals surface area contributed by atoms with Crippen LogP contribution in [0.3, 0.4) is 0 Å². The molecule has 0 saturated heterocycles. The predicted octanol–water partition coefficient (Wildman–Crippen LogP) is 5.47. The summed E-state index contributed by atoms with van der Waals surface area (Å²) in [6.45, 7) is 4.08. The second-order valence-electron chi connectivity index (χ2n) is 5.71. The van der Waals surface area contributed by atoms with Gasteiger partial charge in [0.15, 0.2) is 11.6 Å². The third kappa shape index (κ3) is 4.13. The Balaban J connectivity index is 1.89. The zero-order valence-corrected chi connectivity index (χ0v) is 15.3. The largest absolute Gasteiger partial charge is 0.393 e. The molecule has 0 bridgehead atoms. The third-order valence-corrected chi connectivity index (χ3v) is 4.08. The van der Waals surface area contributed by atoms with E-state index in [0.717, 1.165) is 11.3 Å². The van der Waals surface area contributed by atoms with E-state index in [1.165, 1.54) is 11.9 Å². The number of nitrogen functional groups attached to an aromatic ring is 1. The standard InChI is InChI=1S/C18H17Cl2N5/c1-10-3-4-15(11(2)5-10)25-18-16(21)17(22-9-23-18)24-14-7-12(19)6-13(20)8-14/h3-9H,21H2,1-2H3,(H2,22,23,24,25). The summed E-state index contributed by atoms with van der Waals surface area (Å²) in [5.74, 6) is 0.998. The molecule has 3 aromatic rings. The van der Waals surface area contributed by atoms with Crippen LogP contribution in [0.2, 0.25) is 10.0 Å². The first-order valence-corrected chi connectivity index (χ1v) is 8.36. The van der Waals surface area contributed by atoms with Gasteiger partial charge in [-0.1, -0.05) is 40.9 Å². The van der Waals surface area contributed by atoms with Crippen molar-refractivity contribution in [3.05, 3.63) is 63.9 Å². The maximum atomic E-state index is 6.22. The number of aryl methyl sites for hydroxylation is 2. The molecule has 3 rings (SSSR count). The van der Waals surface area contributed by atoms with Gasteiger partial charge in [-0.05, 0) is 43.7 Å². The molecule has 2 aromatic carbocycles. The van der Waals surface area contributed by atoms with Crippen LogP contribution in [0.1, 0.15) is 11.1 Å². The smallest absolute Gasteiger partial charge is 0.159 e. The normalized spacial score (nSPS) is 10.6. The molecule has 7 heteroatoms. The Morgan fingerprint density at radius 2 is 1.52 bits per heavy atom. The summed E-state index contributed by atoms with van der Waals surface area (Å²) in [7, 11) is 0. The Morgan fingerprint density at radius 1 is 0.880 bits per heavy atom. The summed E-state index contributed by atoms with van der Waals surface area (Å²) in [6, 6.07) is 11.3.